The zero-order valence-corrected chi connectivity index (χ0v) is 18.7. The van der Waals surface area contributed by atoms with E-state index in [1.807, 2.05) is 24.5 Å². The van der Waals surface area contributed by atoms with Crippen LogP contribution >= 0.6 is 0 Å². The summed E-state index contributed by atoms with van der Waals surface area (Å²) in [5.41, 5.74) is 20.2. The van der Waals surface area contributed by atoms with Crippen molar-refractivity contribution in [3.8, 4) is 11.1 Å². The average molecular weight is 382 g/mol. The van der Waals surface area contributed by atoms with Crippen molar-refractivity contribution in [3.05, 3.63) is 81.8 Å². The minimum atomic E-state index is 0.288. The van der Waals surface area contributed by atoms with Gasteiger partial charge in [0.15, 0.2) is 0 Å². The van der Waals surface area contributed by atoms with Crippen LogP contribution in [0.3, 0.4) is 0 Å². The van der Waals surface area contributed by atoms with Crippen molar-refractivity contribution in [1.82, 2.24) is 4.98 Å². The predicted molar refractivity (Wildman–Crippen MR) is 129 cm³/mol. The zero-order chi connectivity index (χ0) is 21.3. The Bertz CT molecular complexity index is 1080. The maximum absolute atomic E-state index is 5.74. The number of aryl methyl sites for hydroxylation is 4. The molecule has 2 aromatic carbocycles. The van der Waals surface area contributed by atoms with Gasteiger partial charge in [0, 0.05) is 18.0 Å². The summed E-state index contributed by atoms with van der Waals surface area (Å²) in [5, 5.41) is 0. The maximum Gasteiger partial charge on any atom is 0.207 e. The van der Waals surface area contributed by atoms with Crippen LogP contribution in [0.1, 0.15) is 38.9 Å². The zero-order valence-electron chi connectivity index (χ0n) is 18.7. The predicted octanol–water partition coefficient (Wildman–Crippen LogP) is 4.77. The highest BCUT2D eigenvalue weighted by atomic mass is 14.6. The minimum Gasteiger partial charge on any atom is -0.405 e. The molecule has 0 fully saturated rings. The molecule has 2 nitrogen and oxygen atoms in total. The fraction of sp³-hybridized carbons (Fsp3) is 0.269. The molecule has 0 saturated carbocycles. The first-order chi connectivity index (χ1) is 13.8. The Balaban J connectivity index is 2.26. The number of hydrogen-bond donors (Lipinski definition) is 1. The van der Waals surface area contributed by atoms with Gasteiger partial charge in [-0.2, -0.15) is 0 Å². The lowest BCUT2D eigenvalue weighted by molar-refractivity contribution is 1.29. The second-order valence-corrected chi connectivity index (χ2v) is 8.21. The van der Waals surface area contributed by atoms with E-state index in [4.69, 9.17) is 5.73 Å². The Hall–Kier alpha value is -2.81. The van der Waals surface area contributed by atoms with Gasteiger partial charge >= 0.3 is 0 Å². The van der Waals surface area contributed by atoms with Gasteiger partial charge in [-0.3, -0.25) is 4.98 Å². The highest BCUT2D eigenvalue weighted by Crippen LogP contribution is 2.27. The lowest BCUT2D eigenvalue weighted by Gasteiger charge is -2.25. The third-order valence-electron chi connectivity index (χ3n) is 6.20. The third-order valence-corrected chi connectivity index (χ3v) is 6.20. The Morgan fingerprint density at radius 1 is 0.862 bits per heavy atom. The van der Waals surface area contributed by atoms with Gasteiger partial charge in [-0.05, 0) is 93.3 Å². The Morgan fingerprint density at radius 3 is 2.07 bits per heavy atom. The molecule has 1 aromatic heterocycles. The van der Waals surface area contributed by atoms with E-state index in [-0.39, 0.29) is 6.71 Å². The van der Waals surface area contributed by atoms with Crippen LogP contribution in [0, 0.1) is 41.5 Å². The first-order valence-electron chi connectivity index (χ1n) is 10.3. The van der Waals surface area contributed by atoms with Crippen LogP contribution < -0.4 is 16.7 Å². The van der Waals surface area contributed by atoms with E-state index in [0.29, 0.717) is 0 Å². The summed E-state index contributed by atoms with van der Waals surface area (Å²) in [6, 6.07) is 8.77. The molecule has 0 amide bonds. The summed E-state index contributed by atoms with van der Waals surface area (Å²) < 4.78 is 0. The van der Waals surface area contributed by atoms with Crippen molar-refractivity contribution in [1.29, 1.82) is 0 Å². The van der Waals surface area contributed by atoms with Gasteiger partial charge in [0.25, 0.3) is 0 Å². The summed E-state index contributed by atoms with van der Waals surface area (Å²) in [7, 11) is 0. The Labute approximate surface area is 176 Å². The van der Waals surface area contributed by atoms with Crippen molar-refractivity contribution < 1.29 is 0 Å². The topological polar surface area (TPSA) is 38.9 Å². The maximum atomic E-state index is 5.74. The molecular weight excluding hydrogens is 351 g/mol. The summed E-state index contributed by atoms with van der Waals surface area (Å²) in [6.07, 6.45) is 7.46. The highest BCUT2D eigenvalue weighted by Gasteiger charge is 2.25. The van der Waals surface area contributed by atoms with Gasteiger partial charge in [0.1, 0.15) is 0 Å². The van der Waals surface area contributed by atoms with Crippen molar-refractivity contribution in [2.24, 2.45) is 5.73 Å². The largest absolute Gasteiger partial charge is 0.405 e. The monoisotopic (exact) mass is 382 g/mol. The van der Waals surface area contributed by atoms with Crippen LogP contribution in [-0.2, 0) is 0 Å². The molecular formula is C26H31BN2. The molecule has 2 N–H and O–H groups in total. The van der Waals surface area contributed by atoms with Gasteiger partial charge in [0.05, 0.1) is 0 Å². The fourth-order valence-electron chi connectivity index (χ4n) is 5.20. The number of hydrogen-bond acceptors (Lipinski definition) is 2. The van der Waals surface area contributed by atoms with Crippen molar-refractivity contribution >= 4 is 23.7 Å². The van der Waals surface area contributed by atoms with Gasteiger partial charge in [-0.1, -0.05) is 47.1 Å². The van der Waals surface area contributed by atoms with Gasteiger partial charge < -0.3 is 5.73 Å². The minimum absolute atomic E-state index is 0.288. The number of nitrogens with zero attached hydrogens (tertiary/aromatic N) is 1. The first kappa shape index (κ1) is 20.9. The highest BCUT2D eigenvalue weighted by molar-refractivity contribution is 6.85. The van der Waals surface area contributed by atoms with Crippen LogP contribution in [0.25, 0.3) is 17.2 Å². The number of pyridine rings is 1. The van der Waals surface area contributed by atoms with Crippen LogP contribution in [0.5, 0.6) is 0 Å². The van der Waals surface area contributed by atoms with Crippen molar-refractivity contribution in [3.63, 3.8) is 0 Å². The standard InChI is InChI=1S/C26H31BN2/c1-16-13-18(3)25(20(5)23(16)10-11-28)27(7)26-19(4)14-17(2)24(21(26)6)22-9-8-12-29-15-22/h8-15H,28H2,1-7H3/b11-10+. The molecule has 0 unspecified atom stereocenters. The molecule has 29 heavy (non-hydrogen) atoms. The molecule has 0 bridgehead atoms. The molecule has 0 atom stereocenters. The van der Waals surface area contributed by atoms with E-state index in [1.165, 1.54) is 61.0 Å². The first-order valence-corrected chi connectivity index (χ1v) is 10.3. The molecule has 0 saturated heterocycles. The molecule has 3 heteroatoms. The number of benzene rings is 2. The van der Waals surface area contributed by atoms with E-state index < -0.39 is 0 Å². The molecule has 0 aliphatic carbocycles. The summed E-state index contributed by atoms with van der Waals surface area (Å²) >= 11 is 0. The molecule has 148 valence electrons. The SMILES string of the molecule is CB(c1c(C)cc(C)c(/C=C/N)c1C)c1c(C)cc(C)c(-c2cccnc2)c1C. The van der Waals surface area contributed by atoms with Crippen LogP contribution in [0.15, 0.2) is 42.9 Å². The molecule has 0 spiro atoms. The van der Waals surface area contributed by atoms with E-state index in [0.717, 1.165) is 0 Å². The van der Waals surface area contributed by atoms with Crippen molar-refractivity contribution in [2.75, 3.05) is 0 Å². The van der Waals surface area contributed by atoms with Crippen LogP contribution in [0.2, 0.25) is 6.82 Å². The summed E-state index contributed by atoms with van der Waals surface area (Å²) in [6.45, 7) is 15.9. The molecule has 0 aliphatic heterocycles. The molecule has 0 radical (unpaired) electrons. The second kappa shape index (κ2) is 8.28. The Kier molecular flexibility index (Phi) is 5.98. The van der Waals surface area contributed by atoms with E-state index in [1.54, 1.807) is 6.20 Å². The lowest BCUT2D eigenvalue weighted by Crippen LogP contribution is -2.45. The summed E-state index contributed by atoms with van der Waals surface area (Å²) in [4.78, 5) is 4.35. The average Bonchev–Trinajstić information content (AvgIpc) is 2.65. The van der Waals surface area contributed by atoms with Crippen LogP contribution in [-0.4, -0.2) is 11.7 Å². The normalized spacial score (nSPS) is 11.3. The number of rotatable bonds is 4. The smallest absolute Gasteiger partial charge is 0.207 e. The summed E-state index contributed by atoms with van der Waals surface area (Å²) in [5.74, 6) is 0. The van der Waals surface area contributed by atoms with Gasteiger partial charge in [0.2, 0.25) is 6.71 Å². The van der Waals surface area contributed by atoms with Crippen molar-refractivity contribution in [2.45, 2.75) is 48.4 Å². The van der Waals surface area contributed by atoms with Gasteiger partial charge in [-0.15, -0.1) is 0 Å². The lowest BCUT2D eigenvalue weighted by atomic mass is 9.39. The molecule has 3 aromatic rings. The van der Waals surface area contributed by atoms with Gasteiger partial charge in [-0.25, -0.2) is 0 Å². The molecule has 3 rings (SSSR count). The van der Waals surface area contributed by atoms with E-state index in [2.05, 4.69) is 71.5 Å². The quantitative estimate of drug-likeness (QED) is 0.661. The number of aromatic nitrogens is 1. The molecule has 0 aliphatic rings. The second-order valence-electron chi connectivity index (χ2n) is 8.21. The fourth-order valence-corrected chi connectivity index (χ4v) is 5.20. The Morgan fingerprint density at radius 2 is 1.48 bits per heavy atom. The van der Waals surface area contributed by atoms with E-state index >= 15 is 0 Å². The van der Waals surface area contributed by atoms with Crippen LogP contribution in [0.4, 0.5) is 0 Å². The van der Waals surface area contributed by atoms with E-state index in [9.17, 15) is 0 Å². The third kappa shape index (κ3) is 3.74. The molecule has 1 heterocycles. The number of nitrogens with two attached hydrogens (primary N) is 1.